The highest BCUT2D eigenvalue weighted by Gasteiger charge is 2.37. The molecule has 1 heterocycles. The molecule has 67 heavy (non-hydrogen) atoms. The lowest BCUT2D eigenvalue weighted by Crippen LogP contribution is -2.16. The van der Waals surface area contributed by atoms with Crippen LogP contribution < -0.4 is 0 Å². The highest BCUT2D eigenvalue weighted by atomic mass is 15.0. The fourth-order valence-electron chi connectivity index (χ4n) is 10.4. The van der Waals surface area contributed by atoms with Crippen LogP contribution in [-0.4, -0.2) is 15.0 Å². The van der Waals surface area contributed by atoms with Crippen LogP contribution in [0.2, 0.25) is 0 Å². The summed E-state index contributed by atoms with van der Waals surface area (Å²) in [5.74, 6) is 1.89. The molecule has 0 amide bonds. The highest BCUT2D eigenvalue weighted by Crippen LogP contribution is 2.52. The maximum atomic E-state index is 5.22. The van der Waals surface area contributed by atoms with Crippen molar-refractivity contribution in [3.8, 4) is 101 Å². The normalized spacial score (nSPS) is 12.4. The summed E-state index contributed by atoms with van der Waals surface area (Å²) in [6.07, 6.45) is 0. The van der Waals surface area contributed by atoms with E-state index in [1.807, 2.05) is 24.3 Å². The number of nitrogens with zero attached hydrogens (tertiary/aromatic N) is 3. The molecule has 0 unspecified atom stereocenters. The standard InChI is InChI=1S/C64H45N3/c1-64(2)59-33-14-13-25-56(59)57-32-15-27-49(60(57)64)45-38-36-44(37-39-45)48-22-9-10-23-50(48)51-28-16-30-53-52(51)29-17-31-54(53)55-24-11-12-26-58(55)63-66-61(46-20-7-4-8-21-46)65-62(67-63)47-40-34-43(35-41-47)42-18-5-3-6-19-42/h3-41H,1-2H3. The van der Waals surface area contributed by atoms with Gasteiger partial charge in [-0.3, -0.25) is 0 Å². The Morgan fingerprint density at radius 2 is 0.612 bits per heavy atom. The molecule has 0 bridgehead atoms. The van der Waals surface area contributed by atoms with Crippen LogP contribution >= 0.6 is 0 Å². The van der Waals surface area contributed by atoms with Gasteiger partial charge in [-0.2, -0.15) is 0 Å². The zero-order valence-corrected chi connectivity index (χ0v) is 37.4. The van der Waals surface area contributed by atoms with Gasteiger partial charge in [0.1, 0.15) is 0 Å². The smallest absolute Gasteiger partial charge is 0.164 e. The van der Waals surface area contributed by atoms with Crippen molar-refractivity contribution in [3.63, 3.8) is 0 Å². The lowest BCUT2D eigenvalue weighted by atomic mass is 9.78. The monoisotopic (exact) mass is 855 g/mol. The minimum Gasteiger partial charge on any atom is -0.208 e. The van der Waals surface area contributed by atoms with Crippen molar-refractivity contribution in [2.75, 3.05) is 0 Å². The molecule has 316 valence electrons. The Labute approximate surface area is 391 Å². The van der Waals surface area contributed by atoms with E-state index in [0.717, 1.165) is 38.8 Å². The summed E-state index contributed by atoms with van der Waals surface area (Å²) in [7, 11) is 0. The maximum Gasteiger partial charge on any atom is 0.164 e. The van der Waals surface area contributed by atoms with E-state index in [2.05, 4.69) is 226 Å². The molecular formula is C64H45N3. The average Bonchev–Trinajstić information content (AvgIpc) is 3.64. The van der Waals surface area contributed by atoms with Gasteiger partial charge >= 0.3 is 0 Å². The molecule has 10 aromatic carbocycles. The van der Waals surface area contributed by atoms with Gasteiger partial charge < -0.3 is 0 Å². The summed E-state index contributed by atoms with van der Waals surface area (Å²) in [6, 6.07) is 84.5. The van der Waals surface area contributed by atoms with Crippen LogP contribution in [-0.2, 0) is 5.41 Å². The summed E-state index contributed by atoms with van der Waals surface area (Å²) >= 11 is 0. The zero-order chi connectivity index (χ0) is 44.9. The van der Waals surface area contributed by atoms with Gasteiger partial charge in [-0.25, -0.2) is 15.0 Å². The van der Waals surface area contributed by atoms with Crippen LogP contribution in [0, 0.1) is 0 Å². The highest BCUT2D eigenvalue weighted by molar-refractivity contribution is 6.08. The molecule has 12 rings (SSSR count). The predicted octanol–water partition coefficient (Wildman–Crippen LogP) is 16.7. The van der Waals surface area contributed by atoms with E-state index in [0.29, 0.717) is 17.5 Å². The van der Waals surface area contributed by atoms with Crippen LogP contribution in [0.5, 0.6) is 0 Å². The molecule has 0 radical (unpaired) electrons. The first-order chi connectivity index (χ1) is 33.0. The van der Waals surface area contributed by atoms with Crippen molar-refractivity contribution in [1.29, 1.82) is 0 Å². The largest absolute Gasteiger partial charge is 0.208 e. The van der Waals surface area contributed by atoms with Gasteiger partial charge in [-0.15, -0.1) is 0 Å². The SMILES string of the molecule is CC1(C)c2ccccc2-c2cccc(-c3ccc(-c4ccccc4-c4cccc5c(-c6ccccc6-c6nc(-c7ccccc7)nc(-c7ccc(-c8ccccc8)cc7)n6)cccc45)cc3)c21. The first-order valence-electron chi connectivity index (χ1n) is 23.0. The molecule has 0 atom stereocenters. The number of hydrogen-bond donors (Lipinski definition) is 0. The quantitative estimate of drug-likeness (QED) is 0.153. The molecule has 3 nitrogen and oxygen atoms in total. The van der Waals surface area contributed by atoms with Crippen molar-refractivity contribution in [2.24, 2.45) is 0 Å². The van der Waals surface area contributed by atoms with E-state index in [9.17, 15) is 0 Å². The van der Waals surface area contributed by atoms with Crippen LogP contribution in [0.15, 0.2) is 237 Å². The topological polar surface area (TPSA) is 38.7 Å². The van der Waals surface area contributed by atoms with Crippen molar-refractivity contribution in [2.45, 2.75) is 19.3 Å². The van der Waals surface area contributed by atoms with Crippen LogP contribution in [0.3, 0.4) is 0 Å². The third-order valence-corrected chi connectivity index (χ3v) is 13.6. The van der Waals surface area contributed by atoms with Crippen molar-refractivity contribution >= 4 is 10.8 Å². The molecule has 0 aliphatic heterocycles. The Hall–Kier alpha value is -8.53. The number of hydrogen-bond acceptors (Lipinski definition) is 3. The molecule has 1 aliphatic rings. The third-order valence-electron chi connectivity index (χ3n) is 13.6. The van der Waals surface area contributed by atoms with Crippen LogP contribution in [0.1, 0.15) is 25.0 Å². The van der Waals surface area contributed by atoms with E-state index < -0.39 is 0 Å². The molecule has 0 fully saturated rings. The molecule has 11 aromatic rings. The van der Waals surface area contributed by atoms with Gasteiger partial charge in [0, 0.05) is 22.1 Å². The predicted molar refractivity (Wildman–Crippen MR) is 278 cm³/mol. The fourth-order valence-corrected chi connectivity index (χ4v) is 10.4. The molecule has 1 aliphatic carbocycles. The van der Waals surface area contributed by atoms with Gasteiger partial charge in [-0.1, -0.05) is 250 Å². The summed E-state index contributed by atoms with van der Waals surface area (Å²) in [5, 5.41) is 2.34. The van der Waals surface area contributed by atoms with E-state index in [1.54, 1.807) is 0 Å². The van der Waals surface area contributed by atoms with Gasteiger partial charge in [0.25, 0.3) is 0 Å². The molecule has 1 aromatic heterocycles. The van der Waals surface area contributed by atoms with Crippen molar-refractivity contribution < 1.29 is 0 Å². The van der Waals surface area contributed by atoms with E-state index >= 15 is 0 Å². The van der Waals surface area contributed by atoms with Crippen LogP contribution in [0.25, 0.3) is 112 Å². The van der Waals surface area contributed by atoms with Gasteiger partial charge in [0.15, 0.2) is 17.5 Å². The fraction of sp³-hybridized carbons (Fsp3) is 0.0469. The Morgan fingerprint density at radius 3 is 1.24 bits per heavy atom. The van der Waals surface area contributed by atoms with Crippen LogP contribution in [0.4, 0.5) is 0 Å². The van der Waals surface area contributed by atoms with Crippen molar-refractivity contribution in [3.05, 3.63) is 248 Å². The number of rotatable bonds is 8. The summed E-state index contributed by atoms with van der Waals surface area (Å²) in [6.45, 7) is 4.72. The molecule has 0 N–H and O–H groups in total. The van der Waals surface area contributed by atoms with E-state index in [1.165, 1.54) is 66.6 Å². The zero-order valence-electron chi connectivity index (χ0n) is 37.4. The molecule has 0 spiro atoms. The second-order valence-electron chi connectivity index (χ2n) is 17.9. The Bertz CT molecular complexity index is 3630. The molecular weight excluding hydrogens is 811 g/mol. The minimum absolute atomic E-state index is 0.0865. The summed E-state index contributed by atoms with van der Waals surface area (Å²) in [5.41, 5.74) is 20.0. The maximum absolute atomic E-state index is 5.22. The van der Waals surface area contributed by atoms with Crippen molar-refractivity contribution in [1.82, 2.24) is 15.0 Å². The van der Waals surface area contributed by atoms with E-state index in [-0.39, 0.29) is 5.41 Å². The van der Waals surface area contributed by atoms with E-state index in [4.69, 9.17) is 15.0 Å². The van der Waals surface area contributed by atoms with Gasteiger partial charge in [0.2, 0.25) is 0 Å². The second-order valence-corrected chi connectivity index (χ2v) is 17.9. The van der Waals surface area contributed by atoms with Gasteiger partial charge in [0.05, 0.1) is 0 Å². The molecule has 0 saturated carbocycles. The lowest BCUT2D eigenvalue weighted by Gasteiger charge is -2.24. The lowest BCUT2D eigenvalue weighted by molar-refractivity contribution is 0.662. The first-order valence-corrected chi connectivity index (χ1v) is 23.0. The first kappa shape index (κ1) is 40.0. The third kappa shape index (κ3) is 7.04. The number of fused-ring (bicyclic) bond motifs is 4. The summed E-state index contributed by atoms with van der Waals surface area (Å²) < 4.78 is 0. The number of aromatic nitrogens is 3. The number of benzene rings is 10. The molecule has 3 heteroatoms. The minimum atomic E-state index is -0.0865. The molecule has 0 saturated heterocycles. The second kappa shape index (κ2) is 16.5. The average molecular weight is 856 g/mol. The van der Waals surface area contributed by atoms with Gasteiger partial charge in [-0.05, 0) is 88.7 Å². The Kier molecular flexibility index (Phi) is 9.84. The summed E-state index contributed by atoms with van der Waals surface area (Å²) in [4.78, 5) is 15.5. The Balaban J connectivity index is 0.933. The Morgan fingerprint density at radius 1 is 0.239 bits per heavy atom.